The maximum atomic E-state index is 13.1. The van der Waals surface area contributed by atoms with Gasteiger partial charge in [-0.3, -0.25) is 4.79 Å². The molecule has 0 radical (unpaired) electrons. The number of primary sulfonamides is 1. The lowest BCUT2D eigenvalue weighted by Crippen LogP contribution is -2.45. The van der Waals surface area contributed by atoms with Crippen molar-refractivity contribution in [2.24, 2.45) is 5.14 Å². The van der Waals surface area contributed by atoms with Gasteiger partial charge in [0, 0.05) is 6.42 Å². The Morgan fingerprint density at radius 2 is 1.92 bits per heavy atom. The van der Waals surface area contributed by atoms with Crippen LogP contribution in [0.3, 0.4) is 0 Å². The topological polar surface area (TPSA) is 135 Å². The molecule has 0 bridgehead atoms. The summed E-state index contributed by atoms with van der Waals surface area (Å²) >= 11 is 0. The van der Waals surface area contributed by atoms with Gasteiger partial charge in [0.15, 0.2) is 0 Å². The number of sulfonamides is 2. The highest BCUT2D eigenvalue weighted by Crippen LogP contribution is 2.39. The van der Waals surface area contributed by atoms with Gasteiger partial charge in [-0.05, 0) is 19.1 Å². The Hall–Kier alpha value is -1.70. The third-order valence-corrected chi connectivity index (χ3v) is 5.56. The van der Waals surface area contributed by atoms with E-state index in [1.165, 1.54) is 6.92 Å². The van der Waals surface area contributed by atoms with Crippen molar-refractivity contribution in [3.8, 4) is 0 Å². The number of nitrogens with one attached hydrogen (secondary N) is 2. The molecule has 2 rings (SSSR count). The predicted molar refractivity (Wildman–Crippen MR) is 75.8 cm³/mol. The minimum atomic E-state index is -5.08. The van der Waals surface area contributed by atoms with Crippen LogP contribution in [-0.2, 0) is 31.0 Å². The highest BCUT2D eigenvalue weighted by molar-refractivity contribution is 7.90. The van der Waals surface area contributed by atoms with Crippen molar-refractivity contribution in [2.45, 2.75) is 35.5 Å². The first kappa shape index (κ1) is 18.6. The van der Waals surface area contributed by atoms with Crippen molar-refractivity contribution in [3.63, 3.8) is 0 Å². The van der Waals surface area contributed by atoms with Gasteiger partial charge in [0.2, 0.25) is 20.0 Å². The van der Waals surface area contributed by atoms with Gasteiger partial charge >= 0.3 is 6.18 Å². The number of carbonyl (C=O) groups excluding carboxylic acids is 1. The van der Waals surface area contributed by atoms with Gasteiger partial charge in [-0.15, -0.1) is 0 Å². The SMILES string of the molecule is CC(=O)CC1Nc2cc(C(F)(F)F)c(S(N)(=O)=O)cc2S(=O)(=O)N1. The molecule has 1 unspecified atom stereocenters. The Morgan fingerprint density at radius 3 is 2.38 bits per heavy atom. The molecule has 1 aliphatic rings. The standard InChI is InChI=1S/C11H12F3N3O5S2/c1-5(18)2-10-16-7-3-6(11(12,13)14)8(23(15,19)20)4-9(7)24(21,22)17-10/h3-4,10,16-17H,2H2,1H3,(H2,15,19,20). The summed E-state index contributed by atoms with van der Waals surface area (Å²) in [4.78, 5) is 9.03. The Labute approximate surface area is 135 Å². The fraction of sp³-hybridized carbons (Fsp3) is 0.364. The number of hydrogen-bond donors (Lipinski definition) is 3. The number of ketones is 1. The van der Waals surface area contributed by atoms with E-state index in [-0.39, 0.29) is 6.42 Å². The molecule has 4 N–H and O–H groups in total. The van der Waals surface area contributed by atoms with Gasteiger partial charge < -0.3 is 5.32 Å². The van der Waals surface area contributed by atoms with Crippen molar-refractivity contribution < 1.29 is 34.8 Å². The summed E-state index contributed by atoms with van der Waals surface area (Å²) in [6, 6.07) is 0.688. The van der Waals surface area contributed by atoms with Crippen LogP contribution in [0.1, 0.15) is 18.9 Å². The second kappa shape index (κ2) is 5.68. The molecule has 8 nitrogen and oxygen atoms in total. The number of carbonyl (C=O) groups is 1. The van der Waals surface area contributed by atoms with Crippen LogP contribution in [0.4, 0.5) is 18.9 Å². The van der Waals surface area contributed by atoms with Crippen LogP contribution in [-0.4, -0.2) is 28.8 Å². The van der Waals surface area contributed by atoms with Crippen molar-refractivity contribution in [3.05, 3.63) is 17.7 Å². The molecule has 0 saturated heterocycles. The number of rotatable bonds is 3. The van der Waals surface area contributed by atoms with Gasteiger partial charge in [-0.2, -0.15) is 17.9 Å². The summed E-state index contributed by atoms with van der Waals surface area (Å²) in [6.45, 7) is 1.18. The van der Waals surface area contributed by atoms with Crippen molar-refractivity contribution >= 4 is 31.5 Å². The zero-order valence-electron chi connectivity index (χ0n) is 12.0. The van der Waals surface area contributed by atoms with E-state index in [4.69, 9.17) is 5.14 Å². The second-order valence-electron chi connectivity index (χ2n) is 5.11. The molecule has 1 heterocycles. The molecule has 0 saturated carbocycles. The summed E-state index contributed by atoms with van der Waals surface area (Å²) < 4.78 is 88.3. The summed E-state index contributed by atoms with van der Waals surface area (Å²) in [5.74, 6) is -0.407. The molecule has 0 aromatic heterocycles. The smallest absolute Gasteiger partial charge is 0.367 e. The minimum absolute atomic E-state index is 0.309. The molecule has 134 valence electrons. The van der Waals surface area contributed by atoms with E-state index >= 15 is 0 Å². The van der Waals surface area contributed by atoms with Crippen LogP contribution in [0.5, 0.6) is 0 Å². The first-order valence-corrected chi connectivity index (χ1v) is 9.31. The Bertz CT molecular complexity index is 910. The number of fused-ring (bicyclic) bond motifs is 1. The Balaban J connectivity index is 2.72. The van der Waals surface area contributed by atoms with E-state index < -0.39 is 59.2 Å². The lowest BCUT2D eigenvalue weighted by molar-refractivity contribution is -0.139. The van der Waals surface area contributed by atoms with Gasteiger partial charge in [0.1, 0.15) is 10.7 Å². The van der Waals surface area contributed by atoms with Gasteiger partial charge in [0.05, 0.1) is 22.3 Å². The van der Waals surface area contributed by atoms with Gasteiger partial charge in [0.25, 0.3) is 0 Å². The Kier molecular flexibility index (Phi) is 4.41. The summed E-state index contributed by atoms with van der Waals surface area (Å²) in [5, 5.41) is 7.19. The molecule has 1 aromatic carbocycles. The monoisotopic (exact) mass is 387 g/mol. The average Bonchev–Trinajstić information content (AvgIpc) is 2.33. The molecular formula is C11H12F3N3O5S2. The number of nitrogens with two attached hydrogens (primary N) is 1. The fourth-order valence-corrected chi connectivity index (χ4v) is 4.36. The molecule has 0 amide bonds. The van der Waals surface area contributed by atoms with Crippen LogP contribution in [0.15, 0.2) is 21.9 Å². The molecule has 1 aromatic rings. The molecule has 13 heteroatoms. The molecule has 24 heavy (non-hydrogen) atoms. The number of Topliss-reactive ketones (excluding diaryl/α,β-unsaturated/α-hetero) is 1. The first-order valence-electron chi connectivity index (χ1n) is 6.28. The number of benzene rings is 1. The average molecular weight is 387 g/mol. The quantitative estimate of drug-likeness (QED) is 0.685. The zero-order valence-corrected chi connectivity index (χ0v) is 13.6. The molecule has 0 spiro atoms. The molecule has 1 aliphatic heterocycles. The number of anilines is 1. The maximum Gasteiger partial charge on any atom is 0.417 e. The van der Waals surface area contributed by atoms with Crippen molar-refractivity contribution in [1.82, 2.24) is 4.72 Å². The van der Waals surface area contributed by atoms with E-state index in [0.29, 0.717) is 12.1 Å². The lowest BCUT2D eigenvalue weighted by Gasteiger charge is -2.28. The van der Waals surface area contributed by atoms with Crippen LogP contribution in [0.2, 0.25) is 0 Å². The van der Waals surface area contributed by atoms with Crippen LogP contribution >= 0.6 is 0 Å². The van der Waals surface area contributed by atoms with Crippen molar-refractivity contribution in [1.29, 1.82) is 0 Å². The zero-order chi connectivity index (χ0) is 18.5. The van der Waals surface area contributed by atoms with E-state index in [1.54, 1.807) is 0 Å². The van der Waals surface area contributed by atoms with E-state index in [2.05, 4.69) is 5.32 Å². The predicted octanol–water partition coefficient (Wildman–Crippen LogP) is 0.362. The highest BCUT2D eigenvalue weighted by Gasteiger charge is 2.40. The van der Waals surface area contributed by atoms with E-state index in [0.717, 1.165) is 0 Å². The third-order valence-electron chi connectivity index (χ3n) is 3.10. The number of hydrogen-bond acceptors (Lipinski definition) is 6. The molecule has 0 fully saturated rings. The second-order valence-corrected chi connectivity index (χ2v) is 8.32. The molecule has 1 atom stereocenters. The van der Waals surface area contributed by atoms with E-state index in [1.807, 2.05) is 4.72 Å². The van der Waals surface area contributed by atoms with Crippen LogP contribution < -0.4 is 15.2 Å². The lowest BCUT2D eigenvalue weighted by atomic mass is 10.1. The van der Waals surface area contributed by atoms with Gasteiger partial charge in [-0.25, -0.2) is 22.0 Å². The highest BCUT2D eigenvalue weighted by atomic mass is 32.2. The summed E-state index contributed by atoms with van der Waals surface area (Å²) in [6.07, 6.45) is -6.54. The first-order chi connectivity index (χ1) is 10.7. The van der Waals surface area contributed by atoms with Crippen LogP contribution in [0.25, 0.3) is 0 Å². The van der Waals surface area contributed by atoms with Gasteiger partial charge in [-0.1, -0.05) is 0 Å². The fourth-order valence-electron chi connectivity index (χ4n) is 2.20. The largest absolute Gasteiger partial charge is 0.417 e. The Morgan fingerprint density at radius 1 is 1.33 bits per heavy atom. The number of halogens is 3. The molecule has 0 aliphatic carbocycles. The van der Waals surface area contributed by atoms with E-state index in [9.17, 15) is 34.8 Å². The number of alkyl halides is 3. The normalized spacial score (nSPS) is 20.1. The maximum absolute atomic E-state index is 13.1. The molecular weight excluding hydrogens is 375 g/mol. The third kappa shape index (κ3) is 3.68. The van der Waals surface area contributed by atoms with Crippen molar-refractivity contribution in [2.75, 3.05) is 5.32 Å². The minimum Gasteiger partial charge on any atom is -0.367 e. The summed E-state index contributed by atoms with van der Waals surface area (Å²) in [5.41, 5.74) is -2.07. The van der Waals surface area contributed by atoms with Crippen LogP contribution in [0, 0.1) is 0 Å². The summed E-state index contributed by atoms with van der Waals surface area (Å²) in [7, 11) is -9.16.